The van der Waals surface area contributed by atoms with Crippen LogP contribution in [0.4, 0.5) is 16.0 Å². The Morgan fingerprint density at radius 2 is 1.70 bits per heavy atom. The summed E-state index contributed by atoms with van der Waals surface area (Å²) in [5.41, 5.74) is 2.21. The maximum absolute atomic E-state index is 12.9. The van der Waals surface area contributed by atoms with Crippen LogP contribution in [0.15, 0.2) is 60.9 Å². The highest BCUT2D eigenvalue weighted by Gasteiger charge is 2.09. The van der Waals surface area contributed by atoms with Gasteiger partial charge in [0.15, 0.2) is 5.78 Å². The van der Waals surface area contributed by atoms with E-state index in [2.05, 4.69) is 20.6 Å². The molecular formula is C20H17FN4O2. The second kappa shape index (κ2) is 8.18. The summed E-state index contributed by atoms with van der Waals surface area (Å²) in [4.78, 5) is 31.9. The van der Waals surface area contributed by atoms with Crippen LogP contribution in [-0.2, 0) is 6.54 Å². The van der Waals surface area contributed by atoms with E-state index in [-0.39, 0.29) is 23.1 Å². The number of ketones is 1. The SMILES string of the molecule is CC(=O)c1cccc(NC(=O)c2cnc(NCc3ccc(F)cc3)nc2)c1. The number of rotatable bonds is 6. The van der Waals surface area contributed by atoms with Gasteiger partial charge in [-0.15, -0.1) is 0 Å². The molecule has 0 spiro atoms. The van der Waals surface area contributed by atoms with Gasteiger partial charge in [0.1, 0.15) is 5.82 Å². The van der Waals surface area contributed by atoms with Gasteiger partial charge >= 0.3 is 0 Å². The smallest absolute Gasteiger partial charge is 0.258 e. The van der Waals surface area contributed by atoms with E-state index in [4.69, 9.17) is 0 Å². The van der Waals surface area contributed by atoms with Gasteiger partial charge in [-0.25, -0.2) is 14.4 Å². The standard InChI is InChI=1S/C20H17FN4O2/c1-13(26)15-3-2-4-18(9-15)25-19(27)16-11-23-20(24-12-16)22-10-14-5-7-17(21)8-6-14/h2-9,11-12H,10H2,1H3,(H,25,27)(H,22,23,24). The third kappa shape index (κ3) is 4.94. The van der Waals surface area contributed by atoms with E-state index < -0.39 is 0 Å². The molecule has 2 aromatic carbocycles. The zero-order valence-electron chi connectivity index (χ0n) is 14.6. The number of carbonyl (C=O) groups excluding carboxylic acids is 2. The number of aromatic nitrogens is 2. The van der Waals surface area contributed by atoms with Crippen molar-refractivity contribution in [2.75, 3.05) is 10.6 Å². The summed E-state index contributed by atoms with van der Waals surface area (Å²) in [6.07, 6.45) is 2.81. The molecule has 0 aliphatic heterocycles. The lowest BCUT2D eigenvalue weighted by Gasteiger charge is -2.07. The quantitative estimate of drug-likeness (QED) is 0.652. The Bertz CT molecular complexity index is 956. The van der Waals surface area contributed by atoms with Crippen LogP contribution in [0.25, 0.3) is 0 Å². The molecule has 6 nitrogen and oxygen atoms in total. The summed E-state index contributed by atoms with van der Waals surface area (Å²) < 4.78 is 12.9. The molecule has 0 saturated carbocycles. The van der Waals surface area contributed by atoms with Crippen LogP contribution in [0.1, 0.15) is 33.2 Å². The van der Waals surface area contributed by atoms with Gasteiger partial charge < -0.3 is 10.6 Å². The summed E-state index contributed by atoms with van der Waals surface area (Å²) in [5, 5.41) is 5.71. The lowest BCUT2D eigenvalue weighted by Crippen LogP contribution is -2.13. The van der Waals surface area contributed by atoms with Crippen molar-refractivity contribution in [1.29, 1.82) is 0 Å². The molecule has 0 aliphatic rings. The van der Waals surface area contributed by atoms with Crippen molar-refractivity contribution in [3.8, 4) is 0 Å². The van der Waals surface area contributed by atoms with Crippen molar-refractivity contribution in [3.05, 3.63) is 83.4 Å². The van der Waals surface area contributed by atoms with Crippen LogP contribution < -0.4 is 10.6 Å². The lowest BCUT2D eigenvalue weighted by atomic mass is 10.1. The van der Waals surface area contributed by atoms with Crippen molar-refractivity contribution in [2.24, 2.45) is 0 Å². The molecule has 3 aromatic rings. The molecular weight excluding hydrogens is 347 g/mol. The molecule has 136 valence electrons. The van der Waals surface area contributed by atoms with E-state index >= 15 is 0 Å². The zero-order valence-corrected chi connectivity index (χ0v) is 14.6. The first-order valence-corrected chi connectivity index (χ1v) is 8.24. The molecule has 1 amide bonds. The monoisotopic (exact) mass is 364 g/mol. The number of hydrogen-bond donors (Lipinski definition) is 2. The van der Waals surface area contributed by atoms with E-state index in [0.29, 0.717) is 23.7 Å². The molecule has 0 fully saturated rings. The number of benzene rings is 2. The maximum Gasteiger partial charge on any atom is 0.258 e. The highest BCUT2D eigenvalue weighted by molar-refractivity contribution is 6.04. The molecule has 7 heteroatoms. The number of carbonyl (C=O) groups is 2. The number of Topliss-reactive ketones (excluding diaryl/α,β-unsaturated/α-hetero) is 1. The Morgan fingerprint density at radius 3 is 2.37 bits per heavy atom. The van der Waals surface area contributed by atoms with Gasteiger partial charge in [-0.2, -0.15) is 0 Å². The Labute approximate surface area is 155 Å². The fourth-order valence-corrected chi connectivity index (χ4v) is 2.34. The van der Waals surface area contributed by atoms with Gasteiger partial charge in [-0.05, 0) is 36.8 Å². The number of halogens is 1. The molecule has 3 rings (SSSR count). The molecule has 0 atom stereocenters. The highest BCUT2D eigenvalue weighted by Crippen LogP contribution is 2.13. The first-order valence-electron chi connectivity index (χ1n) is 8.24. The van der Waals surface area contributed by atoms with E-state index in [9.17, 15) is 14.0 Å². The number of nitrogens with zero attached hydrogens (tertiary/aromatic N) is 2. The highest BCUT2D eigenvalue weighted by atomic mass is 19.1. The van der Waals surface area contributed by atoms with Crippen molar-refractivity contribution in [1.82, 2.24) is 9.97 Å². The number of hydrogen-bond acceptors (Lipinski definition) is 5. The minimum absolute atomic E-state index is 0.0778. The minimum atomic E-state index is -0.374. The van der Waals surface area contributed by atoms with E-state index in [1.807, 2.05) is 0 Å². The van der Waals surface area contributed by atoms with Crippen LogP contribution in [0.2, 0.25) is 0 Å². The normalized spacial score (nSPS) is 10.3. The summed E-state index contributed by atoms with van der Waals surface area (Å²) in [7, 11) is 0. The predicted octanol–water partition coefficient (Wildman–Crippen LogP) is 3.68. The van der Waals surface area contributed by atoms with Crippen LogP contribution in [0.3, 0.4) is 0 Å². The molecule has 2 N–H and O–H groups in total. The Hall–Kier alpha value is -3.61. The minimum Gasteiger partial charge on any atom is -0.350 e. The molecule has 0 unspecified atom stereocenters. The average Bonchev–Trinajstić information content (AvgIpc) is 2.68. The number of amides is 1. The first-order chi connectivity index (χ1) is 13.0. The van der Waals surface area contributed by atoms with Gasteiger partial charge in [0.05, 0.1) is 5.56 Å². The van der Waals surface area contributed by atoms with Gasteiger partial charge in [0, 0.05) is 30.2 Å². The fraction of sp³-hybridized carbons (Fsp3) is 0.100. The molecule has 0 saturated heterocycles. The summed E-state index contributed by atoms with van der Waals surface area (Å²) in [5.74, 6) is -0.388. The Kier molecular flexibility index (Phi) is 5.51. The van der Waals surface area contributed by atoms with Crippen molar-refractivity contribution in [2.45, 2.75) is 13.5 Å². The van der Waals surface area contributed by atoms with Gasteiger partial charge in [0.2, 0.25) is 5.95 Å². The second-order valence-electron chi connectivity index (χ2n) is 5.87. The third-order valence-corrected chi connectivity index (χ3v) is 3.80. The Morgan fingerprint density at radius 1 is 1.00 bits per heavy atom. The molecule has 1 heterocycles. The van der Waals surface area contributed by atoms with Crippen molar-refractivity contribution < 1.29 is 14.0 Å². The molecule has 0 aliphatic carbocycles. The molecule has 0 bridgehead atoms. The molecule has 0 radical (unpaired) electrons. The van der Waals surface area contributed by atoms with Crippen LogP contribution in [-0.4, -0.2) is 21.7 Å². The van der Waals surface area contributed by atoms with Crippen LogP contribution >= 0.6 is 0 Å². The first kappa shape index (κ1) is 18.2. The predicted molar refractivity (Wildman–Crippen MR) is 100 cm³/mol. The largest absolute Gasteiger partial charge is 0.350 e. The van der Waals surface area contributed by atoms with Crippen LogP contribution in [0, 0.1) is 5.82 Å². The van der Waals surface area contributed by atoms with E-state index in [0.717, 1.165) is 5.56 Å². The third-order valence-electron chi connectivity index (χ3n) is 3.80. The van der Waals surface area contributed by atoms with Gasteiger partial charge in [0.25, 0.3) is 5.91 Å². The van der Waals surface area contributed by atoms with Gasteiger partial charge in [-0.3, -0.25) is 9.59 Å². The second-order valence-corrected chi connectivity index (χ2v) is 5.87. The average molecular weight is 364 g/mol. The van der Waals surface area contributed by atoms with E-state index in [1.54, 1.807) is 36.4 Å². The zero-order chi connectivity index (χ0) is 19.2. The summed E-state index contributed by atoms with van der Waals surface area (Å²) >= 11 is 0. The van der Waals surface area contributed by atoms with Crippen molar-refractivity contribution >= 4 is 23.3 Å². The van der Waals surface area contributed by atoms with Crippen molar-refractivity contribution in [3.63, 3.8) is 0 Å². The molecule has 27 heavy (non-hydrogen) atoms. The Balaban J connectivity index is 1.60. The van der Waals surface area contributed by atoms with Gasteiger partial charge in [-0.1, -0.05) is 24.3 Å². The topological polar surface area (TPSA) is 84.0 Å². The molecule has 1 aromatic heterocycles. The number of anilines is 2. The summed E-state index contributed by atoms with van der Waals surface area (Å²) in [6, 6.07) is 12.8. The maximum atomic E-state index is 12.9. The lowest BCUT2D eigenvalue weighted by molar-refractivity contribution is 0.101. The number of nitrogens with one attached hydrogen (secondary N) is 2. The van der Waals surface area contributed by atoms with Crippen LogP contribution in [0.5, 0.6) is 0 Å². The fourth-order valence-electron chi connectivity index (χ4n) is 2.34. The van der Waals surface area contributed by atoms with E-state index in [1.165, 1.54) is 31.5 Å². The summed E-state index contributed by atoms with van der Waals surface area (Å²) in [6.45, 7) is 1.90.